The third-order valence-electron chi connectivity index (χ3n) is 3.75. The van der Waals surface area contributed by atoms with Crippen LogP contribution in [-0.2, 0) is 6.42 Å². The maximum absolute atomic E-state index is 14.2. The monoisotopic (exact) mass is 249 g/mol. The number of benzene rings is 1. The minimum Gasteiger partial charge on any atom is -0.369 e. The SMILES string of the molecule is Cc1cc(CCC(C)C)cc(F)c1N1CCCC1. The van der Waals surface area contributed by atoms with Crippen molar-refractivity contribution in [3.8, 4) is 0 Å². The normalized spacial score (nSPS) is 15.7. The predicted octanol–water partition coefficient (Wildman–Crippen LogP) is 4.32. The molecule has 1 fully saturated rings. The maximum atomic E-state index is 14.2. The van der Waals surface area contributed by atoms with Crippen molar-refractivity contribution < 1.29 is 4.39 Å². The number of rotatable bonds is 4. The number of anilines is 1. The molecule has 1 saturated heterocycles. The minimum atomic E-state index is -0.0318. The van der Waals surface area contributed by atoms with Crippen molar-refractivity contribution in [1.29, 1.82) is 0 Å². The Labute approximate surface area is 110 Å². The highest BCUT2D eigenvalue weighted by Gasteiger charge is 2.18. The second-order valence-corrected chi connectivity index (χ2v) is 5.87. The number of hydrogen-bond acceptors (Lipinski definition) is 1. The summed E-state index contributed by atoms with van der Waals surface area (Å²) >= 11 is 0. The summed E-state index contributed by atoms with van der Waals surface area (Å²) in [6.07, 6.45) is 4.49. The topological polar surface area (TPSA) is 3.24 Å². The zero-order valence-corrected chi connectivity index (χ0v) is 11.8. The lowest BCUT2D eigenvalue weighted by Crippen LogP contribution is -2.20. The molecule has 100 valence electrons. The van der Waals surface area contributed by atoms with Crippen molar-refractivity contribution in [3.05, 3.63) is 29.1 Å². The van der Waals surface area contributed by atoms with E-state index in [2.05, 4.69) is 24.8 Å². The lowest BCUT2D eigenvalue weighted by molar-refractivity contribution is 0.580. The van der Waals surface area contributed by atoms with Crippen molar-refractivity contribution in [1.82, 2.24) is 0 Å². The van der Waals surface area contributed by atoms with E-state index in [1.54, 1.807) is 6.07 Å². The first-order valence-corrected chi connectivity index (χ1v) is 7.12. The van der Waals surface area contributed by atoms with Crippen molar-refractivity contribution in [2.45, 2.75) is 46.5 Å². The molecule has 1 aromatic rings. The lowest BCUT2D eigenvalue weighted by Gasteiger charge is -2.21. The molecule has 0 aliphatic carbocycles. The minimum absolute atomic E-state index is 0.0318. The van der Waals surface area contributed by atoms with E-state index in [4.69, 9.17) is 0 Å². The van der Waals surface area contributed by atoms with Crippen LogP contribution in [0.5, 0.6) is 0 Å². The summed E-state index contributed by atoms with van der Waals surface area (Å²) < 4.78 is 14.2. The molecular formula is C16H24FN. The van der Waals surface area contributed by atoms with Crippen LogP contribution in [0.2, 0.25) is 0 Å². The van der Waals surface area contributed by atoms with Gasteiger partial charge in [0, 0.05) is 13.1 Å². The summed E-state index contributed by atoms with van der Waals surface area (Å²) in [6, 6.07) is 3.90. The van der Waals surface area contributed by atoms with Crippen molar-refractivity contribution in [3.63, 3.8) is 0 Å². The summed E-state index contributed by atoms with van der Waals surface area (Å²) in [7, 11) is 0. The molecular weight excluding hydrogens is 225 g/mol. The van der Waals surface area contributed by atoms with Crippen molar-refractivity contribution in [2.24, 2.45) is 5.92 Å². The Morgan fingerprint density at radius 3 is 2.44 bits per heavy atom. The zero-order chi connectivity index (χ0) is 13.1. The molecule has 0 aromatic heterocycles. The van der Waals surface area contributed by atoms with E-state index in [1.165, 1.54) is 12.8 Å². The quantitative estimate of drug-likeness (QED) is 0.768. The second kappa shape index (κ2) is 5.73. The fourth-order valence-electron chi connectivity index (χ4n) is 2.75. The van der Waals surface area contributed by atoms with Gasteiger partial charge in [0.15, 0.2) is 0 Å². The van der Waals surface area contributed by atoms with Crippen LogP contribution in [-0.4, -0.2) is 13.1 Å². The average molecular weight is 249 g/mol. The molecule has 0 unspecified atom stereocenters. The van der Waals surface area contributed by atoms with Gasteiger partial charge in [-0.05, 0) is 55.7 Å². The fraction of sp³-hybridized carbons (Fsp3) is 0.625. The van der Waals surface area contributed by atoms with Gasteiger partial charge in [-0.15, -0.1) is 0 Å². The van der Waals surface area contributed by atoms with Crippen LogP contribution >= 0.6 is 0 Å². The van der Waals surface area contributed by atoms with E-state index >= 15 is 0 Å². The molecule has 0 saturated carbocycles. The summed E-state index contributed by atoms with van der Waals surface area (Å²) in [6.45, 7) is 8.46. The van der Waals surface area contributed by atoms with Gasteiger partial charge in [0.25, 0.3) is 0 Å². The Bertz CT molecular complexity index is 383. The zero-order valence-electron chi connectivity index (χ0n) is 11.8. The van der Waals surface area contributed by atoms with Gasteiger partial charge in [-0.3, -0.25) is 0 Å². The van der Waals surface area contributed by atoms with Crippen LogP contribution in [0.25, 0.3) is 0 Å². The Morgan fingerprint density at radius 1 is 1.22 bits per heavy atom. The number of nitrogens with zero attached hydrogens (tertiary/aromatic N) is 1. The van der Waals surface area contributed by atoms with Crippen LogP contribution in [0.3, 0.4) is 0 Å². The lowest BCUT2D eigenvalue weighted by atomic mass is 10.00. The van der Waals surface area contributed by atoms with E-state index in [-0.39, 0.29) is 5.82 Å². The first-order chi connectivity index (χ1) is 8.58. The first-order valence-electron chi connectivity index (χ1n) is 7.12. The second-order valence-electron chi connectivity index (χ2n) is 5.87. The van der Waals surface area contributed by atoms with Crippen molar-refractivity contribution >= 4 is 5.69 Å². The standard InChI is InChI=1S/C16H24FN/c1-12(2)6-7-14-10-13(3)16(15(17)11-14)18-8-4-5-9-18/h10-12H,4-9H2,1-3H3. The summed E-state index contributed by atoms with van der Waals surface area (Å²) in [4.78, 5) is 2.19. The smallest absolute Gasteiger partial charge is 0.147 e. The van der Waals surface area contributed by atoms with Gasteiger partial charge in [-0.25, -0.2) is 4.39 Å². The van der Waals surface area contributed by atoms with E-state index in [9.17, 15) is 4.39 Å². The van der Waals surface area contributed by atoms with Gasteiger partial charge in [0.2, 0.25) is 0 Å². The molecule has 1 aliphatic heterocycles. The van der Waals surface area contributed by atoms with Gasteiger partial charge in [-0.2, -0.15) is 0 Å². The van der Waals surface area contributed by atoms with Crippen molar-refractivity contribution in [2.75, 3.05) is 18.0 Å². The van der Waals surface area contributed by atoms with Gasteiger partial charge in [0.1, 0.15) is 5.82 Å². The van der Waals surface area contributed by atoms with Crippen LogP contribution in [0, 0.1) is 18.7 Å². The van der Waals surface area contributed by atoms with Gasteiger partial charge in [0.05, 0.1) is 5.69 Å². The molecule has 2 rings (SSSR count). The Hall–Kier alpha value is -1.05. The summed E-state index contributed by atoms with van der Waals surface area (Å²) in [5, 5.41) is 0. The summed E-state index contributed by atoms with van der Waals surface area (Å²) in [5.41, 5.74) is 3.07. The molecule has 0 spiro atoms. The molecule has 0 amide bonds. The molecule has 0 bridgehead atoms. The largest absolute Gasteiger partial charge is 0.369 e. The van der Waals surface area contributed by atoms with Crippen LogP contribution in [0.4, 0.5) is 10.1 Å². The first kappa shape index (κ1) is 13.4. The van der Waals surface area contributed by atoms with Gasteiger partial charge < -0.3 is 4.90 Å². The molecule has 2 heteroatoms. The molecule has 0 atom stereocenters. The number of halogens is 1. The molecule has 1 nitrogen and oxygen atoms in total. The van der Waals surface area contributed by atoms with Crippen LogP contribution in [0.15, 0.2) is 12.1 Å². The molecule has 1 aromatic carbocycles. The third-order valence-corrected chi connectivity index (χ3v) is 3.75. The maximum Gasteiger partial charge on any atom is 0.147 e. The highest BCUT2D eigenvalue weighted by molar-refractivity contribution is 5.56. The molecule has 1 heterocycles. The molecule has 0 radical (unpaired) electrons. The van der Waals surface area contributed by atoms with E-state index < -0.39 is 0 Å². The number of aryl methyl sites for hydroxylation is 2. The Balaban J connectivity index is 2.18. The van der Waals surface area contributed by atoms with Gasteiger partial charge >= 0.3 is 0 Å². The van der Waals surface area contributed by atoms with E-state index in [0.29, 0.717) is 5.92 Å². The number of hydrogen-bond donors (Lipinski definition) is 0. The highest BCUT2D eigenvalue weighted by Crippen LogP contribution is 2.29. The van der Waals surface area contributed by atoms with E-state index in [0.717, 1.165) is 42.7 Å². The molecule has 18 heavy (non-hydrogen) atoms. The summed E-state index contributed by atoms with van der Waals surface area (Å²) in [5.74, 6) is 0.641. The van der Waals surface area contributed by atoms with Crippen LogP contribution < -0.4 is 4.90 Å². The average Bonchev–Trinajstić information content (AvgIpc) is 2.79. The van der Waals surface area contributed by atoms with Gasteiger partial charge in [-0.1, -0.05) is 19.9 Å². The van der Waals surface area contributed by atoms with Crippen LogP contribution in [0.1, 0.15) is 44.2 Å². The Morgan fingerprint density at radius 2 is 1.89 bits per heavy atom. The highest BCUT2D eigenvalue weighted by atomic mass is 19.1. The van der Waals surface area contributed by atoms with E-state index in [1.807, 2.05) is 6.92 Å². The fourth-order valence-corrected chi connectivity index (χ4v) is 2.75. The Kier molecular flexibility index (Phi) is 4.26. The molecule has 0 N–H and O–H groups in total. The predicted molar refractivity (Wildman–Crippen MR) is 75.7 cm³/mol. The third kappa shape index (κ3) is 3.04. The molecule has 1 aliphatic rings.